The van der Waals surface area contributed by atoms with E-state index in [4.69, 9.17) is 5.73 Å². The van der Waals surface area contributed by atoms with E-state index in [-0.39, 0.29) is 4.99 Å². The van der Waals surface area contributed by atoms with Crippen LogP contribution in [0.2, 0.25) is 0 Å². The van der Waals surface area contributed by atoms with Gasteiger partial charge in [0.2, 0.25) is 10.0 Å². The summed E-state index contributed by atoms with van der Waals surface area (Å²) in [7, 11) is -2.62. The number of rotatable bonds is 5. The zero-order valence-electron chi connectivity index (χ0n) is 7.81. The first-order valence-corrected chi connectivity index (χ1v) is 5.70. The van der Waals surface area contributed by atoms with Crippen molar-refractivity contribution >= 4 is 33.2 Å². The first kappa shape index (κ1) is 13.3. The lowest BCUT2D eigenvalue weighted by Crippen LogP contribution is -2.43. The van der Waals surface area contributed by atoms with Gasteiger partial charge in [-0.15, -0.1) is 0 Å². The van der Waals surface area contributed by atoms with Gasteiger partial charge in [0.25, 0.3) is 0 Å². The number of thiocarbonyl (C=S) groups is 1. The average molecular weight is 240 g/mol. The van der Waals surface area contributed by atoms with Crippen molar-refractivity contribution in [3.05, 3.63) is 0 Å². The molecular formula is C6H12N2O4S2. The molecule has 0 aromatic heterocycles. The minimum atomic E-state index is -3.73. The van der Waals surface area contributed by atoms with E-state index in [9.17, 15) is 13.2 Å². The summed E-state index contributed by atoms with van der Waals surface area (Å²) in [6, 6.07) is -0.681. The summed E-state index contributed by atoms with van der Waals surface area (Å²) in [6.07, 6.45) is 0. The summed E-state index contributed by atoms with van der Waals surface area (Å²) in [4.78, 5) is 10.7. The topological polar surface area (TPSA) is 98.5 Å². The minimum Gasteiger partial charge on any atom is -0.468 e. The van der Waals surface area contributed by atoms with Crippen molar-refractivity contribution in [2.75, 3.05) is 12.9 Å². The van der Waals surface area contributed by atoms with E-state index >= 15 is 0 Å². The molecule has 0 aliphatic heterocycles. The van der Waals surface area contributed by atoms with Crippen LogP contribution in [0.5, 0.6) is 0 Å². The van der Waals surface area contributed by atoms with E-state index in [2.05, 4.69) is 21.7 Å². The summed E-state index contributed by atoms with van der Waals surface area (Å²) in [6.45, 7) is 1.48. The molecule has 1 atom stereocenters. The Morgan fingerprint density at radius 2 is 2.14 bits per heavy atom. The second-order valence-corrected chi connectivity index (χ2v) is 4.80. The number of carbonyl (C=O) groups excluding carboxylic acids is 1. The van der Waals surface area contributed by atoms with E-state index in [1.807, 2.05) is 0 Å². The predicted molar refractivity (Wildman–Crippen MR) is 55.2 cm³/mol. The third-order valence-corrected chi connectivity index (χ3v) is 3.00. The lowest BCUT2D eigenvalue weighted by atomic mass is 10.4. The lowest BCUT2D eigenvalue weighted by Gasteiger charge is -2.11. The van der Waals surface area contributed by atoms with Gasteiger partial charge in [0.1, 0.15) is 0 Å². The van der Waals surface area contributed by atoms with Crippen molar-refractivity contribution in [1.29, 1.82) is 0 Å². The zero-order chi connectivity index (χ0) is 11.4. The smallest absolute Gasteiger partial charge is 0.322 e. The molecule has 8 heteroatoms. The van der Waals surface area contributed by atoms with Crippen molar-refractivity contribution < 1.29 is 17.9 Å². The molecule has 0 fully saturated rings. The van der Waals surface area contributed by atoms with Crippen molar-refractivity contribution in [3.8, 4) is 0 Å². The van der Waals surface area contributed by atoms with Crippen molar-refractivity contribution in [2.45, 2.75) is 13.0 Å². The molecule has 0 aromatic rings. The molecule has 6 nitrogen and oxygen atoms in total. The van der Waals surface area contributed by atoms with Gasteiger partial charge in [-0.25, -0.2) is 13.1 Å². The highest BCUT2D eigenvalue weighted by molar-refractivity contribution is 7.90. The maximum absolute atomic E-state index is 11.2. The molecule has 0 aliphatic rings. The van der Waals surface area contributed by atoms with Gasteiger partial charge >= 0.3 is 5.97 Å². The summed E-state index contributed by atoms with van der Waals surface area (Å²) >= 11 is 4.56. The number of methoxy groups -OCH3 is 1. The molecule has 0 radical (unpaired) electrons. The van der Waals surface area contributed by atoms with Crippen LogP contribution < -0.4 is 10.5 Å². The highest BCUT2D eigenvalue weighted by Gasteiger charge is 2.20. The molecule has 0 saturated heterocycles. The van der Waals surface area contributed by atoms with Crippen LogP contribution in [0.15, 0.2) is 0 Å². The Morgan fingerprint density at radius 3 is 2.50 bits per heavy atom. The van der Waals surface area contributed by atoms with Gasteiger partial charge in [-0.05, 0) is 6.92 Å². The molecule has 14 heavy (non-hydrogen) atoms. The molecule has 3 N–H and O–H groups in total. The number of nitrogens with one attached hydrogen (secondary N) is 1. The second kappa shape index (κ2) is 5.23. The summed E-state index contributed by atoms with van der Waals surface area (Å²) in [5.41, 5.74) is 5.19. The predicted octanol–water partition coefficient (Wildman–Crippen LogP) is -1.25. The molecule has 0 spiro atoms. The van der Waals surface area contributed by atoms with Crippen molar-refractivity contribution in [3.63, 3.8) is 0 Å². The minimum absolute atomic E-state index is 0.0124. The maximum Gasteiger partial charge on any atom is 0.322 e. The number of carbonyl (C=O) groups is 1. The summed E-state index contributed by atoms with van der Waals surface area (Å²) < 4.78 is 28.7. The average Bonchev–Trinajstić information content (AvgIpc) is 2.02. The third-order valence-electron chi connectivity index (χ3n) is 1.32. The van der Waals surface area contributed by atoms with Gasteiger partial charge in [-0.2, -0.15) is 0 Å². The van der Waals surface area contributed by atoms with E-state index in [1.54, 1.807) is 0 Å². The normalized spacial score (nSPS) is 13.3. The molecule has 0 amide bonds. The fourth-order valence-corrected chi connectivity index (χ4v) is 1.89. The van der Waals surface area contributed by atoms with Crippen LogP contribution >= 0.6 is 12.2 Å². The molecule has 0 aliphatic carbocycles. The Labute approximate surface area is 87.8 Å². The van der Waals surface area contributed by atoms with E-state index in [1.165, 1.54) is 6.92 Å². The Hall–Kier alpha value is -0.730. The first-order chi connectivity index (χ1) is 6.28. The molecular weight excluding hydrogens is 228 g/mol. The number of sulfonamides is 1. The Balaban J connectivity index is 4.36. The molecule has 1 unspecified atom stereocenters. The lowest BCUT2D eigenvalue weighted by molar-refractivity contribution is -0.137. The van der Waals surface area contributed by atoms with E-state index < -0.39 is 27.8 Å². The van der Waals surface area contributed by atoms with Crippen LogP contribution in [0.1, 0.15) is 6.92 Å². The highest BCUT2D eigenvalue weighted by atomic mass is 32.2. The Morgan fingerprint density at radius 1 is 1.64 bits per heavy atom. The number of hydrogen-bond acceptors (Lipinski definition) is 5. The number of nitrogens with two attached hydrogens (primary N) is 1. The first-order valence-electron chi connectivity index (χ1n) is 3.64. The van der Waals surface area contributed by atoms with Gasteiger partial charge in [0.15, 0.2) is 5.75 Å². The molecule has 0 saturated carbocycles. The molecule has 0 bridgehead atoms. The third kappa shape index (κ3) is 5.10. The fourth-order valence-electron chi connectivity index (χ4n) is 0.583. The standard InChI is InChI=1S/C6H12N2O4S2/c1-4(6(7)13)8-14(10,11)3-5(9)12-2/h4,8H,3H2,1-2H3,(H2,7,13). The van der Waals surface area contributed by atoms with Crippen molar-refractivity contribution in [2.24, 2.45) is 5.73 Å². The van der Waals surface area contributed by atoms with E-state index in [0.29, 0.717) is 0 Å². The Bertz CT molecular complexity index is 325. The Kier molecular flexibility index (Phi) is 4.95. The largest absolute Gasteiger partial charge is 0.468 e. The zero-order valence-corrected chi connectivity index (χ0v) is 9.44. The van der Waals surface area contributed by atoms with Gasteiger partial charge in [0, 0.05) is 0 Å². The second-order valence-electron chi connectivity index (χ2n) is 2.58. The SMILES string of the molecule is COC(=O)CS(=O)(=O)NC(C)C(N)=S. The van der Waals surface area contributed by atoms with Gasteiger partial charge < -0.3 is 10.5 Å². The van der Waals surface area contributed by atoms with Gasteiger partial charge in [0.05, 0.1) is 18.1 Å². The number of ether oxygens (including phenoxy) is 1. The van der Waals surface area contributed by atoms with Crippen LogP contribution in [0.3, 0.4) is 0 Å². The quantitative estimate of drug-likeness (QED) is 0.460. The molecule has 0 aromatic carbocycles. The molecule has 0 heterocycles. The fraction of sp³-hybridized carbons (Fsp3) is 0.667. The summed E-state index contributed by atoms with van der Waals surface area (Å²) in [5, 5.41) is 0. The number of esters is 1. The monoisotopic (exact) mass is 240 g/mol. The van der Waals surface area contributed by atoms with Crippen molar-refractivity contribution in [1.82, 2.24) is 4.72 Å². The highest BCUT2D eigenvalue weighted by Crippen LogP contribution is 1.91. The van der Waals surface area contributed by atoms with Gasteiger partial charge in [-0.3, -0.25) is 4.79 Å². The van der Waals surface area contributed by atoms with E-state index in [0.717, 1.165) is 7.11 Å². The van der Waals surface area contributed by atoms with Crippen LogP contribution in [-0.2, 0) is 19.6 Å². The van der Waals surface area contributed by atoms with Crippen LogP contribution in [-0.4, -0.2) is 38.3 Å². The van der Waals surface area contributed by atoms with Crippen LogP contribution in [0.25, 0.3) is 0 Å². The van der Waals surface area contributed by atoms with Crippen LogP contribution in [0, 0.1) is 0 Å². The maximum atomic E-state index is 11.2. The number of hydrogen-bond donors (Lipinski definition) is 2. The van der Waals surface area contributed by atoms with Gasteiger partial charge in [-0.1, -0.05) is 12.2 Å². The summed E-state index contributed by atoms with van der Waals surface area (Å²) in [5.74, 6) is -1.58. The molecule has 0 rings (SSSR count). The van der Waals surface area contributed by atoms with Crippen LogP contribution in [0.4, 0.5) is 0 Å². The molecule has 82 valence electrons.